The molecule has 0 aliphatic heterocycles. The van der Waals surface area contributed by atoms with Crippen LogP contribution in [-0.2, 0) is 13.1 Å². The monoisotopic (exact) mass is 912 g/mol. The maximum absolute atomic E-state index is 12.2. The number of amides is 4. The number of quaternary nitrogens is 2. The van der Waals surface area contributed by atoms with Crippen molar-refractivity contribution in [2.75, 3.05) is 0 Å². The lowest BCUT2D eigenvalue weighted by atomic mass is 10.2. The first-order chi connectivity index (χ1) is 26.4. The molecule has 12 N–H and O–H groups in total. The van der Waals surface area contributed by atoms with Gasteiger partial charge in [-0.15, -0.1) is 0 Å². The van der Waals surface area contributed by atoms with E-state index >= 15 is 0 Å². The van der Waals surface area contributed by atoms with E-state index in [1.807, 2.05) is 72.8 Å². The van der Waals surface area contributed by atoms with E-state index < -0.39 is 11.8 Å². The molecule has 0 saturated heterocycles. The van der Waals surface area contributed by atoms with Crippen molar-refractivity contribution in [1.29, 1.82) is 0 Å². The molecule has 0 aliphatic rings. The van der Waals surface area contributed by atoms with Gasteiger partial charge in [0.25, 0.3) is 23.6 Å². The van der Waals surface area contributed by atoms with Crippen molar-refractivity contribution in [3.05, 3.63) is 191 Å². The van der Waals surface area contributed by atoms with Crippen LogP contribution >= 0.6 is 0 Å². The van der Waals surface area contributed by atoms with Crippen molar-refractivity contribution in [3.63, 3.8) is 0 Å². The van der Waals surface area contributed by atoms with Crippen molar-refractivity contribution < 1.29 is 53.1 Å². The number of carbonyl (C=O) groups excluding carboxylic acids is 4. The van der Waals surface area contributed by atoms with E-state index in [-0.39, 0.29) is 80.9 Å². The van der Waals surface area contributed by atoms with Gasteiger partial charge in [-0.25, -0.2) is 20.8 Å². The number of nitrogens with one attached hydrogen (secondary N) is 4. The molecule has 2 aromatic carbocycles. The molecular weight excluding hydrogens is 872 g/mol. The third-order valence-electron chi connectivity index (χ3n) is 7.12. The van der Waals surface area contributed by atoms with Crippen LogP contribution in [0.25, 0.3) is 0 Å². The van der Waals surface area contributed by atoms with Crippen molar-refractivity contribution in [1.82, 2.24) is 53.7 Å². The van der Waals surface area contributed by atoms with E-state index in [0.717, 1.165) is 11.1 Å². The Morgan fingerprint density at radius 3 is 1.14 bits per heavy atom. The Hall–Kier alpha value is -6.86. The summed E-state index contributed by atoms with van der Waals surface area (Å²) in [4.78, 5) is 65.1. The number of nitrogens with zero attached hydrogens (tertiary/aromatic N) is 6. The summed E-state index contributed by atoms with van der Waals surface area (Å²) in [5.74, 6) is -1.74. The van der Waals surface area contributed by atoms with Gasteiger partial charge in [0.15, 0.2) is 0 Å². The van der Waals surface area contributed by atoms with Gasteiger partial charge in [0, 0.05) is 25.5 Å². The molecule has 0 saturated carbocycles. The number of halogens is 2. The van der Waals surface area contributed by atoms with Crippen molar-refractivity contribution >= 4 is 36.1 Å². The van der Waals surface area contributed by atoms with Crippen LogP contribution in [0.1, 0.15) is 64.5 Å². The Bertz CT molecular complexity index is 2060. The summed E-state index contributed by atoms with van der Waals surface area (Å²) in [6.07, 6.45) is 6.10. The lowest BCUT2D eigenvalue weighted by Crippen LogP contribution is -3.00. The van der Waals surface area contributed by atoms with Gasteiger partial charge in [0.1, 0.15) is 22.8 Å². The zero-order valence-electron chi connectivity index (χ0n) is 31.5. The topological polar surface area (TPSA) is 266 Å². The van der Waals surface area contributed by atoms with Crippen LogP contribution in [-0.4, -0.2) is 56.0 Å². The smallest absolute Gasteiger partial charge is 0.289 e. The fourth-order valence-corrected chi connectivity index (χ4v) is 4.45. The summed E-state index contributed by atoms with van der Waals surface area (Å²) in [6.45, 7) is 0.762. The second kappa shape index (κ2) is 26.9. The van der Waals surface area contributed by atoms with Gasteiger partial charge in [-0.3, -0.25) is 29.1 Å². The van der Waals surface area contributed by atoms with E-state index in [2.05, 4.69) is 51.6 Å². The quantitative estimate of drug-likeness (QED) is 0.0661. The summed E-state index contributed by atoms with van der Waals surface area (Å²) < 4.78 is 0. The van der Waals surface area contributed by atoms with E-state index in [9.17, 15) is 19.2 Å². The average Bonchev–Trinajstić information content (AvgIpc) is 3.23. The molecule has 18 heteroatoms. The van der Waals surface area contributed by atoms with Crippen LogP contribution in [0.15, 0.2) is 156 Å². The van der Waals surface area contributed by atoms with Gasteiger partial charge in [-0.05, 0) is 59.7 Å². The third kappa shape index (κ3) is 16.5. The van der Waals surface area contributed by atoms with Crippen LogP contribution < -0.4 is 67.7 Å². The van der Waals surface area contributed by atoms with Crippen LogP contribution in [0.5, 0.6) is 0 Å². The van der Waals surface area contributed by atoms with Gasteiger partial charge in [0.2, 0.25) is 0 Å². The van der Waals surface area contributed by atoms with E-state index in [1.165, 1.54) is 24.6 Å². The zero-order valence-corrected chi connectivity index (χ0v) is 34.7. The molecule has 0 aliphatic carbocycles. The predicted molar refractivity (Wildman–Crippen MR) is 214 cm³/mol. The molecule has 0 unspecified atom stereocenters. The molecular formula is C40H42Br2N12O4. The molecule has 6 aromatic rings. The highest BCUT2D eigenvalue weighted by Gasteiger charge is 2.13. The van der Waals surface area contributed by atoms with Crippen LogP contribution in [0.3, 0.4) is 0 Å². The first-order valence-corrected chi connectivity index (χ1v) is 16.5. The molecule has 4 heterocycles. The molecule has 0 bridgehead atoms. The number of hydrogen-bond donors (Lipinski definition) is 6. The predicted octanol–water partition coefficient (Wildman–Crippen LogP) is -0.899. The first kappa shape index (κ1) is 49.2. The van der Waals surface area contributed by atoms with Crippen molar-refractivity contribution in [3.8, 4) is 0 Å². The number of rotatable bonds is 12. The van der Waals surface area contributed by atoms with Crippen molar-refractivity contribution in [2.45, 2.75) is 13.1 Å². The third-order valence-corrected chi connectivity index (χ3v) is 7.12. The summed E-state index contributed by atoms with van der Waals surface area (Å²) in [7, 11) is 0. The highest BCUT2D eigenvalue weighted by Crippen LogP contribution is 2.04. The van der Waals surface area contributed by atoms with E-state index in [1.54, 1.807) is 60.9 Å². The minimum Gasteiger partial charge on any atom is -1.00 e. The molecule has 0 atom stereocenters. The SMILES string of the molecule is O=C(NCc1ccccc1)c1cccc(C(=O)N/N=C/c2ccccn2)n1.O=C(NCc1ccccc1)c1cccc(C(=O)N/N=C/c2ccccn2)n1.[Br-].[Br-].[NH4+].[NH4+]. The van der Waals surface area contributed by atoms with Crippen LogP contribution in [0.2, 0.25) is 0 Å². The summed E-state index contributed by atoms with van der Waals surface area (Å²) in [5, 5.41) is 13.2. The lowest BCUT2D eigenvalue weighted by Gasteiger charge is -2.06. The molecule has 16 nitrogen and oxygen atoms in total. The first-order valence-electron chi connectivity index (χ1n) is 16.5. The number of benzene rings is 2. The minimum absolute atomic E-state index is 0. The Labute approximate surface area is 355 Å². The largest absolute Gasteiger partial charge is 1.00 e. The number of pyridine rings is 4. The van der Waals surface area contributed by atoms with Gasteiger partial charge in [0.05, 0.1) is 23.8 Å². The fraction of sp³-hybridized carbons (Fsp3) is 0.0500. The van der Waals surface area contributed by atoms with E-state index in [0.29, 0.717) is 24.5 Å². The zero-order chi connectivity index (χ0) is 37.8. The Kier molecular flexibility index (Phi) is 22.8. The van der Waals surface area contributed by atoms with Crippen LogP contribution in [0, 0.1) is 0 Å². The molecule has 6 rings (SSSR count). The maximum atomic E-state index is 12.2. The molecule has 58 heavy (non-hydrogen) atoms. The molecule has 300 valence electrons. The van der Waals surface area contributed by atoms with Gasteiger partial charge in [-0.1, -0.05) is 84.9 Å². The maximum Gasteiger partial charge on any atom is 0.289 e. The Morgan fingerprint density at radius 1 is 0.448 bits per heavy atom. The number of aromatic nitrogens is 4. The molecule has 0 radical (unpaired) electrons. The second-order valence-electron chi connectivity index (χ2n) is 11.1. The van der Waals surface area contributed by atoms with Crippen LogP contribution in [0.4, 0.5) is 0 Å². The highest BCUT2D eigenvalue weighted by molar-refractivity contribution is 5.97. The lowest BCUT2D eigenvalue weighted by molar-refractivity contribution is -0.00100. The summed E-state index contributed by atoms with van der Waals surface area (Å²) >= 11 is 0. The molecule has 0 fully saturated rings. The summed E-state index contributed by atoms with van der Waals surface area (Å²) in [6, 6.07) is 39.1. The minimum atomic E-state index is -0.514. The van der Waals surface area contributed by atoms with E-state index in [4.69, 9.17) is 0 Å². The highest BCUT2D eigenvalue weighted by atomic mass is 79.9. The summed E-state index contributed by atoms with van der Waals surface area (Å²) in [5.41, 5.74) is 8.42. The fourth-order valence-electron chi connectivity index (χ4n) is 4.45. The Morgan fingerprint density at radius 2 is 0.793 bits per heavy atom. The van der Waals surface area contributed by atoms with Gasteiger partial charge in [-0.2, -0.15) is 10.2 Å². The standard InChI is InChI=1S/2C20H17N5O2.2BrH.2H3N/c2*26-19(22-13-15-7-2-1-3-8-15)17-10-6-11-18(24-17)20(27)25-23-14-16-9-4-5-12-21-16;;;;/h2*1-12,14H,13H2,(H,22,26)(H,25,27);2*1H;2*1H3/b2*23-14+;;;;. The van der Waals surface area contributed by atoms with Gasteiger partial charge < -0.3 is 56.9 Å². The molecule has 0 spiro atoms. The average molecular weight is 915 g/mol. The van der Waals surface area contributed by atoms with Gasteiger partial charge >= 0.3 is 0 Å². The number of hydrazone groups is 2. The molecule has 4 aromatic heterocycles. The second-order valence-corrected chi connectivity index (χ2v) is 11.1. The number of hydrogen-bond acceptors (Lipinski definition) is 10. The molecule has 4 amide bonds. The van der Waals surface area contributed by atoms with Crippen molar-refractivity contribution in [2.24, 2.45) is 10.2 Å². The Balaban J connectivity index is 0.000000543. The normalized spacial score (nSPS) is 9.79. The number of carbonyl (C=O) groups is 4.